The second-order valence-corrected chi connectivity index (χ2v) is 6.71. The summed E-state index contributed by atoms with van der Waals surface area (Å²) in [7, 11) is 0. The van der Waals surface area contributed by atoms with Gasteiger partial charge in [0.2, 0.25) is 0 Å². The molecule has 0 spiro atoms. The smallest absolute Gasteiger partial charge is 0.138 e. The van der Waals surface area contributed by atoms with Crippen LogP contribution < -0.4 is 11.1 Å². The van der Waals surface area contributed by atoms with E-state index in [2.05, 4.69) is 65.0 Å². The van der Waals surface area contributed by atoms with Crippen LogP contribution in [0, 0.1) is 6.92 Å². The lowest BCUT2D eigenvalue weighted by atomic mass is 9.96. The molecule has 0 aliphatic heterocycles. The molecule has 1 aromatic heterocycles. The number of halogens is 1. The third-order valence-electron chi connectivity index (χ3n) is 2.80. The summed E-state index contributed by atoms with van der Waals surface area (Å²) in [6, 6.07) is 7.84. The molecular formula is C15H19BrN4. The molecule has 0 radical (unpaired) electrons. The molecule has 3 N–H and O–H groups in total. The summed E-state index contributed by atoms with van der Waals surface area (Å²) in [5.74, 6) is 1.89. The normalized spacial score (nSPS) is 11.4. The van der Waals surface area contributed by atoms with Crippen molar-refractivity contribution in [2.75, 3.05) is 11.1 Å². The second-order valence-electron chi connectivity index (χ2n) is 5.86. The fourth-order valence-corrected chi connectivity index (χ4v) is 2.32. The molecule has 2 aromatic rings. The Kier molecular flexibility index (Phi) is 3.99. The number of nitrogens with two attached hydrogens (primary N) is 1. The van der Waals surface area contributed by atoms with E-state index in [1.54, 1.807) is 6.07 Å². The molecule has 0 aliphatic carbocycles. The topological polar surface area (TPSA) is 63.8 Å². The zero-order chi connectivity index (χ0) is 14.9. The van der Waals surface area contributed by atoms with Gasteiger partial charge in [0, 0.05) is 16.0 Å². The van der Waals surface area contributed by atoms with Crippen molar-refractivity contribution in [1.82, 2.24) is 9.97 Å². The fourth-order valence-electron chi connectivity index (χ4n) is 1.72. The lowest BCUT2D eigenvalue weighted by molar-refractivity contribution is 0.547. The number of hydrogen-bond acceptors (Lipinski definition) is 4. The van der Waals surface area contributed by atoms with E-state index >= 15 is 0 Å². The minimum Gasteiger partial charge on any atom is -0.384 e. The zero-order valence-electron chi connectivity index (χ0n) is 12.2. The molecule has 0 fully saturated rings. The molecule has 1 aromatic carbocycles. The van der Waals surface area contributed by atoms with E-state index < -0.39 is 0 Å². The van der Waals surface area contributed by atoms with E-state index in [-0.39, 0.29) is 5.41 Å². The molecule has 0 unspecified atom stereocenters. The van der Waals surface area contributed by atoms with Crippen LogP contribution in [0.5, 0.6) is 0 Å². The van der Waals surface area contributed by atoms with Crippen molar-refractivity contribution in [2.24, 2.45) is 0 Å². The van der Waals surface area contributed by atoms with Gasteiger partial charge in [-0.05, 0) is 40.5 Å². The first kappa shape index (κ1) is 14.8. The number of benzene rings is 1. The van der Waals surface area contributed by atoms with Crippen molar-refractivity contribution in [3.63, 3.8) is 0 Å². The summed E-state index contributed by atoms with van der Waals surface area (Å²) in [5.41, 5.74) is 7.87. The van der Waals surface area contributed by atoms with E-state index in [4.69, 9.17) is 5.73 Å². The van der Waals surface area contributed by atoms with Crippen LogP contribution in [0.1, 0.15) is 32.2 Å². The van der Waals surface area contributed by atoms with Crippen molar-refractivity contribution < 1.29 is 0 Å². The lowest BCUT2D eigenvalue weighted by Gasteiger charge is -2.18. The number of anilines is 3. The Morgan fingerprint density at radius 2 is 1.85 bits per heavy atom. The highest BCUT2D eigenvalue weighted by Gasteiger charge is 2.18. The van der Waals surface area contributed by atoms with Crippen molar-refractivity contribution in [3.05, 3.63) is 40.1 Å². The predicted octanol–water partition coefficient (Wildman–Crippen LogP) is 4.17. The summed E-state index contributed by atoms with van der Waals surface area (Å²) in [6.45, 7) is 8.24. The van der Waals surface area contributed by atoms with Crippen LogP contribution in [0.15, 0.2) is 28.7 Å². The Labute approximate surface area is 128 Å². The van der Waals surface area contributed by atoms with E-state index in [1.165, 1.54) is 5.56 Å². The highest BCUT2D eigenvalue weighted by molar-refractivity contribution is 9.10. The van der Waals surface area contributed by atoms with Crippen LogP contribution in [-0.4, -0.2) is 9.97 Å². The first-order valence-electron chi connectivity index (χ1n) is 6.44. The van der Waals surface area contributed by atoms with Crippen molar-refractivity contribution in [3.8, 4) is 0 Å². The zero-order valence-corrected chi connectivity index (χ0v) is 13.7. The lowest BCUT2D eigenvalue weighted by Crippen LogP contribution is -2.17. The van der Waals surface area contributed by atoms with Gasteiger partial charge in [-0.15, -0.1) is 0 Å². The van der Waals surface area contributed by atoms with Gasteiger partial charge in [0.25, 0.3) is 0 Å². The standard InChI is InChI=1S/C15H19BrN4/c1-9-5-6-11(10(16)7-9)18-13-8-12(17)19-14(20-13)15(2,3)4/h5-8H,1-4H3,(H3,17,18,19,20). The van der Waals surface area contributed by atoms with E-state index in [1.807, 2.05) is 12.1 Å². The predicted molar refractivity (Wildman–Crippen MR) is 87.3 cm³/mol. The number of nitrogens with one attached hydrogen (secondary N) is 1. The molecule has 0 saturated heterocycles. The first-order valence-corrected chi connectivity index (χ1v) is 7.23. The molecule has 5 heteroatoms. The Bertz CT molecular complexity index is 632. The summed E-state index contributed by atoms with van der Waals surface area (Å²) in [5, 5.41) is 3.27. The maximum absolute atomic E-state index is 5.87. The van der Waals surface area contributed by atoms with Crippen molar-refractivity contribution >= 4 is 33.3 Å². The number of aromatic nitrogens is 2. The molecule has 0 bridgehead atoms. The largest absolute Gasteiger partial charge is 0.384 e. The SMILES string of the molecule is Cc1ccc(Nc2cc(N)nc(C(C)(C)C)n2)c(Br)c1. The molecule has 2 rings (SSSR count). The number of aryl methyl sites for hydroxylation is 1. The van der Waals surface area contributed by atoms with Crippen LogP contribution in [0.2, 0.25) is 0 Å². The summed E-state index contributed by atoms with van der Waals surface area (Å²) in [4.78, 5) is 8.84. The average molecular weight is 335 g/mol. The van der Waals surface area contributed by atoms with Crippen LogP contribution in [0.3, 0.4) is 0 Å². The summed E-state index contributed by atoms with van der Waals surface area (Å²) in [6.07, 6.45) is 0. The van der Waals surface area contributed by atoms with Gasteiger partial charge in [-0.3, -0.25) is 0 Å². The molecule has 0 saturated carbocycles. The third-order valence-corrected chi connectivity index (χ3v) is 3.46. The molecular weight excluding hydrogens is 316 g/mol. The maximum atomic E-state index is 5.87. The third kappa shape index (κ3) is 3.48. The Morgan fingerprint density at radius 3 is 2.45 bits per heavy atom. The van der Waals surface area contributed by atoms with Gasteiger partial charge in [-0.1, -0.05) is 26.8 Å². The number of nitrogens with zero attached hydrogens (tertiary/aromatic N) is 2. The highest BCUT2D eigenvalue weighted by Crippen LogP contribution is 2.28. The Morgan fingerprint density at radius 1 is 1.15 bits per heavy atom. The number of hydrogen-bond donors (Lipinski definition) is 2. The minimum absolute atomic E-state index is 0.143. The Balaban J connectivity index is 2.36. The first-order chi connectivity index (χ1) is 9.25. The molecule has 1 heterocycles. The molecule has 0 amide bonds. The van der Waals surface area contributed by atoms with E-state index in [0.717, 1.165) is 16.0 Å². The van der Waals surface area contributed by atoms with Gasteiger partial charge in [0.05, 0.1) is 5.69 Å². The van der Waals surface area contributed by atoms with Crippen molar-refractivity contribution in [1.29, 1.82) is 0 Å². The van der Waals surface area contributed by atoms with Gasteiger partial charge >= 0.3 is 0 Å². The van der Waals surface area contributed by atoms with Crippen LogP contribution in [-0.2, 0) is 5.41 Å². The quantitative estimate of drug-likeness (QED) is 0.864. The monoisotopic (exact) mass is 334 g/mol. The molecule has 20 heavy (non-hydrogen) atoms. The van der Waals surface area contributed by atoms with Gasteiger partial charge in [0.1, 0.15) is 17.5 Å². The van der Waals surface area contributed by atoms with Crippen molar-refractivity contribution in [2.45, 2.75) is 33.1 Å². The Hall–Kier alpha value is -1.62. The van der Waals surface area contributed by atoms with Crippen LogP contribution in [0.4, 0.5) is 17.3 Å². The summed E-state index contributed by atoms with van der Waals surface area (Å²) < 4.78 is 0.993. The molecule has 0 aliphatic rings. The number of rotatable bonds is 2. The van der Waals surface area contributed by atoms with E-state index in [0.29, 0.717) is 11.6 Å². The van der Waals surface area contributed by atoms with Crippen LogP contribution >= 0.6 is 15.9 Å². The molecule has 4 nitrogen and oxygen atoms in total. The minimum atomic E-state index is -0.143. The van der Waals surface area contributed by atoms with Gasteiger partial charge < -0.3 is 11.1 Å². The van der Waals surface area contributed by atoms with Gasteiger partial charge in [-0.2, -0.15) is 0 Å². The second kappa shape index (κ2) is 5.40. The highest BCUT2D eigenvalue weighted by atomic mass is 79.9. The van der Waals surface area contributed by atoms with Gasteiger partial charge in [-0.25, -0.2) is 9.97 Å². The molecule has 0 atom stereocenters. The summed E-state index contributed by atoms with van der Waals surface area (Å²) >= 11 is 3.54. The maximum Gasteiger partial charge on any atom is 0.138 e. The molecule has 106 valence electrons. The fraction of sp³-hybridized carbons (Fsp3) is 0.333. The average Bonchev–Trinajstić information content (AvgIpc) is 2.31. The number of nitrogen functional groups attached to an aromatic ring is 1. The van der Waals surface area contributed by atoms with Crippen LogP contribution in [0.25, 0.3) is 0 Å². The van der Waals surface area contributed by atoms with E-state index in [9.17, 15) is 0 Å². The van der Waals surface area contributed by atoms with Gasteiger partial charge in [0.15, 0.2) is 0 Å².